The number of rotatable bonds is 4. The number of halogens is 3. The molecule has 2 aromatic carbocycles. The van der Waals surface area contributed by atoms with Crippen LogP contribution in [-0.4, -0.2) is 12.2 Å². The van der Waals surface area contributed by atoms with Crippen LogP contribution in [0.15, 0.2) is 34.8 Å². The molecule has 2 rings (SSSR count). The van der Waals surface area contributed by atoms with E-state index in [4.69, 9.17) is 27.9 Å². The summed E-state index contributed by atoms with van der Waals surface area (Å²) in [5, 5.41) is 13.5. The molecule has 0 amide bonds. The molecule has 0 saturated heterocycles. The van der Waals surface area contributed by atoms with E-state index in [1.807, 2.05) is 0 Å². The molecule has 20 heavy (non-hydrogen) atoms. The first kappa shape index (κ1) is 15.3. The third kappa shape index (κ3) is 3.51. The minimum Gasteiger partial charge on any atom is -0.506 e. The summed E-state index contributed by atoms with van der Waals surface area (Å²) in [6.45, 7) is 0.531. The van der Waals surface area contributed by atoms with Gasteiger partial charge in [0.2, 0.25) is 0 Å². The number of hydrogen-bond acceptors (Lipinski definition) is 3. The van der Waals surface area contributed by atoms with Crippen LogP contribution in [0.2, 0.25) is 10.0 Å². The monoisotopic (exact) mass is 375 g/mol. The number of nitrogens with one attached hydrogen (secondary N) is 1. The summed E-state index contributed by atoms with van der Waals surface area (Å²) < 4.78 is 6.10. The highest BCUT2D eigenvalue weighted by atomic mass is 79.9. The van der Waals surface area contributed by atoms with Crippen molar-refractivity contribution in [3.8, 4) is 11.5 Å². The van der Waals surface area contributed by atoms with Crippen LogP contribution < -0.4 is 10.1 Å². The molecule has 0 heterocycles. The number of ether oxygens (including phenoxy) is 1. The van der Waals surface area contributed by atoms with E-state index in [9.17, 15) is 5.11 Å². The summed E-state index contributed by atoms with van der Waals surface area (Å²) >= 11 is 15.3. The number of anilines is 1. The van der Waals surface area contributed by atoms with Crippen LogP contribution in [0.25, 0.3) is 0 Å². The van der Waals surface area contributed by atoms with E-state index < -0.39 is 0 Å². The number of phenolic OH excluding ortho intramolecular Hbond substituents is 1. The lowest BCUT2D eigenvalue weighted by molar-refractivity contribution is 0.414. The van der Waals surface area contributed by atoms with Crippen LogP contribution in [0.3, 0.4) is 0 Å². The van der Waals surface area contributed by atoms with Gasteiger partial charge in [-0.2, -0.15) is 0 Å². The first-order valence-corrected chi connectivity index (χ1v) is 7.30. The summed E-state index contributed by atoms with van der Waals surface area (Å²) in [4.78, 5) is 0. The van der Waals surface area contributed by atoms with Gasteiger partial charge in [-0.1, -0.05) is 29.3 Å². The molecule has 0 aromatic heterocycles. The van der Waals surface area contributed by atoms with Gasteiger partial charge in [0.15, 0.2) is 5.75 Å². The normalized spacial score (nSPS) is 10.4. The van der Waals surface area contributed by atoms with E-state index in [1.54, 1.807) is 37.4 Å². The largest absolute Gasteiger partial charge is 0.506 e. The Morgan fingerprint density at radius 1 is 1.25 bits per heavy atom. The fourth-order valence-electron chi connectivity index (χ4n) is 1.76. The van der Waals surface area contributed by atoms with Crippen molar-refractivity contribution >= 4 is 44.8 Å². The van der Waals surface area contributed by atoms with Crippen molar-refractivity contribution in [2.45, 2.75) is 6.54 Å². The minimum absolute atomic E-state index is 0.0681. The van der Waals surface area contributed by atoms with E-state index >= 15 is 0 Å². The minimum atomic E-state index is 0.0681. The summed E-state index contributed by atoms with van der Waals surface area (Å²) in [5.74, 6) is 0.748. The van der Waals surface area contributed by atoms with Crippen LogP contribution >= 0.6 is 39.1 Å². The van der Waals surface area contributed by atoms with E-state index in [1.165, 1.54) is 0 Å². The van der Waals surface area contributed by atoms with Crippen LogP contribution in [0, 0.1) is 0 Å². The highest BCUT2D eigenvalue weighted by molar-refractivity contribution is 9.10. The van der Waals surface area contributed by atoms with E-state index in [0.717, 1.165) is 15.7 Å². The van der Waals surface area contributed by atoms with Crippen LogP contribution in [0.5, 0.6) is 11.5 Å². The Hall–Kier alpha value is -1.10. The molecule has 2 N–H and O–H groups in total. The van der Waals surface area contributed by atoms with E-state index in [2.05, 4.69) is 21.2 Å². The molecule has 0 radical (unpaired) electrons. The lowest BCUT2D eigenvalue weighted by atomic mass is 10.2. The summed E-state index contributed by atoms with van der Waals surface area (Å²) in [6.07, 6.45) is 0. The Kier molecular flexibility index (Phi) is 5.02. The van der Waals surface area contributed by atoms with Gasteiger partial charge < -0.3 is 15.2 Å². The van der Waals surface area contributed by atoms with E-state index in [-0.39, 0.29) is 5.75 Å². The number of benzene rings is 2. The predicted molar refractivity (Wildman–Crippen MR) is 86.1 cm³/mol. The molecular formula is C14H12BrCl2NO2. The summed E-state index contributed by atoms with van der Waals surface area (Å²) in [6, 6.07) is 8.61. The molecule has 0 fully saturated rings. The van der Waals surface area contributed by atoms with Gasteiger partial charge in [-0.05, 0) is 45.8 Å². The molecule has 2 aromatic rings. The van der Waals surface area contributed by atoms with Crippen molar-refractivity contribution in [3.05, 3.63) is 50.4 Å². The standard InChI is InChI=1S/C14H12BrCl2NO2/c1-20-14-10(15)5-9(16)6-12(14)18-7-8-2-3-13(19)11(17)4-8/h2-6,18-19H,7H2,1H3. The smallest absolute Gasteiger partial charge is 0.156 e. The maximum atomic E-state index is 9.39. The van der Waals surface area contributed by atoms with Crippen molar-refractivity contribution in [1.82, 2.24) is 0 Å². The topological polar surface area (TPSA) is 41.5 Å². The molecule has 0 atom stereocenters. The van der Waals surface area contributed by atoms with Crippen molar-refractivity contribution in [1.29, 1.82) is 0 Å². The number of phenols is 1. The fourth-order valence-corrected chi connectivity index (χ4v) is 2.93. The zero-order valence-electron chi connectivity index (χ0n) is 10.6. The Bertz CT molecular complexity index is 635. The van der Waals surface area contributed by atoms with Crippen LogP contribution in [-0.2, 0) is 6.54 Å². The maximum absolute atomic E-state index is 9.39. The van der Waals surface area contributed by atoms with Gasteiger partial charge in [-0.25, -0.2) is 0 Å². The lowest BCUT2D eigenvalue weighted by Gasteiger charge is -2.13. The fraction of sp³-hybridized carbons (Fsp3) is 0.143. The van der Waals surface area contributed by atoms with Gasteiger partial charge in [-0.15, -0.1) is 0 Å². The van der Waals surface area contributed by atoms with Gasteiger partial charge in [0, 0.05) is 11.6 Å². The molecular weight excluding hydrogens is 365 g/mol. The molecule has 0 spiro atoms. The third-order valence-electron chi connectivity index (χ3n) is 2.71. The Morgan fingerprint density at radius 2 is 2.00 bits per heavy atom. The van der Waals surface area contributed by atoms with Gasteiger partial charge >= 0.3 is 0 Å². The second-order valence-electron chi connectivity index (χ2n) is 4.11. The quantitative estimate of drug-likeness (QED) is 0.781. The molecule has 3 nitrogen and oxygen atoms in total. The van der Waals surface area contributed by atoms with Gasteiger partial charge in [0.1, 0.15) is 5.75 Å². The Morgan fingerprint density at radius 3 is 2.65 bits per heavy atom. The third-order valence-corrected chi connectivity index (χ3v) is 3.82. The molecule has 6 heteroatoms. The van der Waals surface area contributed by atoms with Crippen molar-refractivity contribution in [3.63, 3.8) is 0 Å². The zero-order chi connectivity index (χ0) is 14.7. The molecule has 0 aliphatic rings. The van der Waals surface area contributed by atoms with Crippen LogP contribution in [0.4, 0.5) is 5.69 Å². The second-order valence-corrected chi connectivity index (χ2v) is 5.81. The molecule has 0 aliphatic carbocycles. The van der Waals surface area contributed by atoms with Gasteiger partial charge in [-0.3, -0.25) is 0 Å². The van der Waals surface area contributed by atoms with Crippen molar-refractivity contribution in [2.75, 3.05) is 12.4 Å². The highest BCUT2D eigenvalue weighted by Gasteiger charge is 2.09. The van der Waals surface area contributed by atoms with Crippen molar-refractivity contribution < 1.29 is 9.84 Å². The molecule has 0 unspecified atom stereocenters. The number of hydrogen-bond donors (Lipinski definition) is 2. The first-order valence-electron chi connectivity index (χ1n) is 5.75. The number of methoxy groups -OCH3 is 1. The first-order chi connectivity index (χ1) is 9.51. The van der Waals surface area contributed by atoms with Crippen molar-refractivity contribution in [2.24, 2.45) is 0 Å². The Balaban J connectivity index is 2.20. The predicted octanol–water partition coefficient (Wildman–Crippen LogP) is 5.08. The van der Waals surface area contributed by atoms with E-state index in [0.29, 0.717) is 22.3 Å². The lowest BCUT2D eigenvalue weighted by Crippen LogP contribution is -2.02. The second kappa shape index (κ2) is 6.57. The SMILES string of the molecule is COc1c(Br)cc(Cl)cc1NCc1ccc(O)c(Cl)c1. The number of aromatic hydroxyl groups is 1. The van der Waals surface area contributed by atoms with Crippen LogP contribution in [0.1, 0.15) is 5.56 Å². The zero-order valence-corrected chi connectivity index (χ0v) is 13.7. The average molecular weight is 377 g/mol. The average Bonchev–Trinajstić information content (AvgIpc) is 2.39. The van der Waals surface area contributed by atoms with Gasteiger partial charge in [0.05, 0.1) is 22.3 Å². The summed E-state index contributed by atoms with van der Waals surface area (Å²) in [5.41, 5.74) is 1.71. The maximum Gasteiger partial charge on any atom is 0.156 e. The highest BCUT2D eigenvalue weighted by Crippen LogP contribution is 2.36. The summed E-state index contributed by atoms with van der Waals surface area (Å²) in [7, 11) is 1.59. The molecule has 0 saturated carbocycles. The molecule has 0 bridgehead atoms. The molecule has 0 aliphatic heterocycles. The Labute approximate surface area is 135 Å². The van der Waals surface area contributed by atoms with Gasteiger partial charge in [0.25, 0.3) is 0 Å². The molecule has 106 valence electrons.